The van der Waals surface area contributed by atoms with Gasteiger partial charge in [0.2, 0.25) is 0 Å². The summed E-state index contributed by atoms with van der Waals surface area (Å²) in [5, 5.41) is 3.60. The Morgan fingerprint density at radius 2 is 2.11 bits per heavy atom. The summed E-state index contributed by atoms with van der Waals surface area (Å²) in [4.78, 5) is 15.4. The molecule has 0 aliphatic rings. The van der Waals surface area contributed by atoms with E-state index in [1.54, 1.807) is 6.92 Å². The smallest absolute Gasteiger partial charge is 0.379 e. The Hall–Kier alpha value is -2.17. The van der Waals surface area contributed by atoms with Crippen LogP contribution < -0.4 is 0 Å². The van der Waals surface area contributed by atoms with Gasteiger partial charge in [0.1, 0.15) is 0 Å². The minimum atomic E-state index is -0.573. The largest absolute Gasteiger partial charge is 0.460 e. The van der Waals surface area contributed by atoms with E-state index < -0.39 is 5.97 Å². The number of nitrogens with zero attached hydrogens (tertiary/aromatic N) is 2. The van der Waals surface area contributed by atoms with Gasteiger partial charge in [-0.3, -0.25) is 0 Å². The lowest BCUT2D eigenvalue weighted by Crippen LogP contribution is -2.06. The minimum Gasteiger partial charge on any atom is -0.460 e. The average Bonchev–Trinajstić information content (AvgIpc) is 2.82. The topological polar surface area (TPSA) is 65.2 Å². The molecule has 18 heavy (non-hydrogen) atoms. The maximum absolute atomic E-state index is 11.4. The Labute approximate surface area is 105 Å². The van der Waals surface area contributed by atoms with Gasteiger partial charge >= 0.3 is 5.97 Å². The van der Waals surface area contributed by atoms with Crippen molar-refractivity contribution in [3.8, 4) is 11.5 Å². The average molecular weight is 246 g/mol. The van der Waals surface area contributed by atoms with Gasteiger partial charge in [-0.15, -0.1) is 0 Å². The van der Waals surface area contributed by atoms with Crippen molar-refractivity contribution in [2.45, 2.75) is 20.8 Å². The highest BCUT2D eigenvalue weighted by Crippen LogP contribution is 2.20. The van der Waals surface area contributed by atoms with E-state index in [1.165, 1.54) is 5.56 Å². The van der Waals surface area contributed by atoms with Gasteiger partial charge in [-0.05, 0) is 49.2 Å². The molecule has 1 heterocycles. The summed E-state index contributed by atoms with van der Waals surface area (Å²) in [6.07, 6.45) is 0. The summed E-state index contributed by atoms with van der Waals surface area (Å²) in [6, 6.07) is 5.79. The predicted octanol–water partition coefficient (Wildman–Crippen LogP) is 2.53. The van der Waals surface area contributed by atoms with Crippen LogP contribution >= 0.6 is 0 Å². The maximum Gasteiger partial charge on any atom is 0.379 e. The van der Waals surface area contributed by atoms with Gasteiger partial charge in [-0.25, -0.2) is 4.79 Å². The number of hydrogen-bond acceptors (Lipinski definition) is 5. The van der Waals surface area contributed by atoms with Gasteiger partial charge < -0.3 is 9.26 Å². The fraction of sp³-hybridized carbons (Fsp3) is 0.308. The van der Waals surface area contributed by atoms with Crippen molar-refractivity contribution < 1.29 is 14.1 Å². The number of carbonyl (C=O) groups excluding carboxylic acids is 1. The number of ether oxygens (including phenoxy) is 1. The molecule has 5 nitrogen and oxygen atoms in total. The first kappa shape index (κ1) is 12.3. The summed E-state index contributed by atoms with van der Waals surface area (Å²) < 4.78 is 9.85. The number of benzene rings is 1. The first-order valence-corrected chi connectivity index (χ1v) is 5.70. The van der Waals surface area contributed by atoms with Crippen molar-refractivity contribution >= 4 is 5.97 Å². The molecule has 0 saturated heterocycles. The van der Waals surface area contributed by atoms with E-state index in [9.17, 15) is 4.79 Å². The summed E-state index contributed by atoms with van der Waals surface area (Å²) in [5.74, 6) is -0.303. The van der Waals surface area contributed by atoms with E-state index in [2.05, 4.69) is 10.1 Å². The summed E-state index contributed by atoms with van der Waals surface area (Å²) in [7, 11) is 0. The summed E-state index contributed by atoms with van der Waals surface area (Å²) in [5.41, 5.74) is 3.11. The fourth-order valence-electron chi connectivity index (χ4n) is 1.49. The molecular weight excluding hydrogens is 232 g/mol. The molecule has 94 valence electrons. The van der Waals surface area contributed by atoms with Gasteiger partial charge in [0.15, 0.2) is 0 Å². The lowest BCUT2D eigenvalue weighted by atomic mass is 10.1. The van der Waals surface area contributed by atoms with Crippen LogP contribution in [0.2, 0.25) is 0 Å². The van der Waals surface area contributed by atoms with E-state index in [1.807, 2.05) is 32.0 Å². The zero-order chi connectivity index (χ0) is 13.1. The number of hydrogen-bond donors (Lipinski definition) is 0. The quantitative estimate of drug-likeness (QED) is 0.778. The Morgan fingerprint density at radius 3 is 2.78 bits per heavy atom. The number of aryl methyl sites for hydroxylation is 2. The van der Waals surface area contributed by atoms with Crippen molar-refractivity contribution in [2.24, 2.45) is 0 Å². The lowest BCUT2D eigenvalue weighted by Gasteiger charge is -2.00. The van der Waals surface area contributed by atoms with Crippen LogP contribution in [0.25, 0.3) is 11.5 Å². The molecule has 5 heteroatoms. The van der Waals surface area contributed by atoms with E-state index in [0.717, 1.165) is 11.1 Å². The molecule has 1 aromatic heterocycles. The molecule has 0 saturated carbocycles. The third-order valence-corrected chi connectivity index (χ3v) is 2.64. The van der Waals surface area contributed by atoms with Crippen LogP contribution in [0.15, 0.2) is 22.7 Å². The fourth-order valence-corrected chi connectivity index (χ4v) is 1.49. The van der Waals surface area contributed by atoms with E-state index in [-0.39, 0.29) is 12.4 Å². The van der Waals surface area contributed by atoms with Crippen molar-refractivity contribution in [2.75, 3.05) is 6.61 Å². The third kappa shape index (κ3) is 2.40. The lowest BCUT2D eigenvalue weighted by molar-refractivity contribution is 0.0508. The van der Waals surface area contributed by atoms with Crippen molar-refractivity contribution in [3.05, 3.63) is 35.2 Å². The Balaban J connectivity index is 2.29. The van der Waals surface area contributed by atoms with E-state index >= 15 is 0 Å². The summed E-state index contributed by atoms with van der Waals surface area (Å²) >= 11 is 0. The van der Waals surface area contributed by atoms with Gasteiger partial charge in [0, 0.05) is 5.56 Å². The SMILES string of the molecule is CCOC(=O)c1noc(-c2ccc(C)c(C)c2)n1. The number of rotatable bonds is 3. The van der Waals surface area contributed by atoms with Crippen LogP contribution in [-0.4, -0.2) is 22.7 Å². The molecule has 0 spiro atoms. The number of aromatic nitrogens is 2. The van der Waals surface area contributed by atoms with Gasteiger partial charge in [-0.2, -0.15) is 4.98 Å². The molecule has 0 amide bonds. The zero-order valence-electron chi connectivity index (χ0n) is 10.6. The second-order valence-corrected chi connectivity index (χ2v) is 3.94. The van der Waals surface area contributed by atoms with Crippen LogP contribution in [-0.2, 0) is 4.74 Å². The molecule has 0 aliphatic carbocycles. The molecule has 0 fully saturated rings. The molecule has 0 N–H and O–H groups in total. The molecule has 0 bridgehead atoms. The van der Waals surface area contributed by atoms with E-state index in [4.69, 9.17) is 9.26 Å². The van der Waals surface area contributed by atoms with Crippen molar-refractivity contribution in [1.82, 2.24) is 10.1 Å². The second-order valence-electron chi connectivity index (χ2n) is 3.94. The molecule has 1 aromatic carbocycles. The molecular formula is C13H14N2O3. The minimum absolute atomic E-state index is 0.0509. The Kier molecular flexibility index (Phi) is 3.41. The zero-order valence-corrected chi connectivity index (χ0v) is 10.6. The second kappa shape index (κ2) is 5.00. The molecule has 0 radical (unpaired) electrons. The normalized spacial score (nSPS) is 10.4. The molecule has 2 aromatic rings. The van der Waals surface area contributed by atoms with Crippen molar-refractivity contribution in [3.63, 3.8) is 0 Å². The highest BCUT2D eigenvalue weighted by molar-refractivity contribution is 5.85. The number of esters is 1. The molecule has 2 rings (SSSR count). The maximum atomic E-state index is 11.4. The first-order valence-electron chi connectivity index (χ1n) is 5.70. The Morgan fingerprint density at radius 1 is 1.33 bits per heavy atom. The third-order valence-electron chi connectivity index (χ3n) is 2.64. The predicted molar refractivity (Wildman–Crippen MR) is 65.2 cm³/mol. The highest BCUT2D eigenvalue weighted by atomic mass is 16.5. The molecule has 0 unspecified atom stereocenters. The van der Waals surface area contributed by atoms with Crippen LogP contribution in [0.4, 0.5) is 0 Å². The Bertz CT molecular complexity index is 575. The molecule has 0 atom stereocenters. The monoisotopic (exact) mass is 246 g/mol. The van der Waals surface area contributed by atoms with E-state index in [0.29, 0.717) is 5.89 Å². The van der Waals surface area contributed by atoms with Crippen LogP contribution in [0.5, 0.6) is 0 Å². The first-order chi connectivity index (χ1) is 8.61. The number of carbonyl (C=O) groups is 1. The van der Waals surface area contributed by atoms with Crippen molar-refractivity contribution in [1.29, 1.82) is 0 Å². The van der Waals surface area contributed by atoms with Crippen LogP contribution in [0, 0.1) is 13.8 Å². The van der Waals surface area contributed by atoms with Crippen LogP contribution in [0.3, 0.4) is 0 Å². The summed E-state index contributed by atoms with van der Waals surface area (Å²) in [6.45, 7) is 6.03. The van der Waals surface area contributed by atoms with Crippen LogP contribution in [0.1, 0.15) is 28.7 Å². The van der Waals surface area contributed by atoms with Gasteiger partial charge in [0.05, 0.1) is 6.61 Å². The van der Waals surface area contributed by atoms with Gasteiger partial charge in [0.25, 0.3) is 11.7 Å². The van der Waals surface area contributed by atoms with Gasteiger partial charge in [-0.1, -0.05) is 6.07 Å². The molecule has 0 aliphatic heterocycles. The highest BCUT2D eigenvalue weighted by Gasteiger charge is 2.16. The standard InChI is InChI=1S/C13H14N2O3/c1-4-17-13(16)11-14-12(18-15-11)10-6-5-8(2)9(3)7-10/h5-7H,4H2,1-3H3.